The number of ether oxygens (including phenoxy) is 1. The van der Waals surface area contributed by atoms with Gasteiger partial charge in [0.05, 0.1) is 33.1 Å². The van der Waals surface area contributed by atoms with Crippen LogP contribution in [0.4, 0.5) is 0 Å². The summed E-state index contributed by atoms with van der Waals surface area (Å²) in [7, 11) is -1.35. The van der Waals surface area contributed by atoms with Gasteiger partial charge in [0.25, 0.3) is 0 Å². The van der Waals surface area contributed by atoms with Crippen LogP contribution in [0.5, 0.6) is 0 Å². The van der Waals surface area contributed by atoms with Gasteiger partial charge in [0, 0.05) is 11.1 Å². The van der Waals surface area contributed by atoms with Crippen LogP contribution in [0.3, 0.4) is 0 Å². The molecule has 2 unspecified atom stereocenters. The lowest BCUT2D eigenvalue weighted by molar-refractivity contribution is 0.0692. The van der Waals surface area contributed by atoms with E-state index in [1.54, 1.807) is 12.1 Å². The first kappa shape index (κ1) is 13.7. The molecule has 1 fully saturated rings. The van der Waals surface area contributed by atoms with E-state index in [4.69, 9.17) is 9.84 Å². The van der Waals surface area contributed by atoms with Crippen LogP contribution in [0.15, 0.2) is 27.6 Å². The summed E-state index contributed by atoms with van der Waals surface area (Å²) in [6.07, 6.45) is 1.85. The van der Waals surface area contributed by atoms with Gasteiger partial charge < -0.3 is 9.84 Å². The number of carboxylic acids is 1. The summed E-state index contributed by atoms with van der Waals surface area (Å²) >= 11 is 3.27. The van der Waals surface area contributed by atoms with E-state index in [0.717, 1.165) is 17.3 Å². The van der Waals surface area contributed by atoms with Gasteiger partial charge in [0.15, 0.2) is 0 Å². The van der Waals surface area contributed by atoms with E-state index in [0.29, 0.717) is 17.3 Å². The van der Waals surface area contributed by atoms with Crippen LogP contribution in [-0.2, 0) is 15.5 Å². The van der Waals surface area contributed by atoms with E-state index in [-0.39, 0.29) is 11.7 Å². The third-order valence-electron chi connectivity index (χ3n) is 2.78. The predicted octanol–water partition coefficient (Wildman–Crippen LogP) is 2.43. The smallest absolute Gasteiger partial charge is 0.336 e. The highest BCUT2D eigenvalue weighted by Gasteiger charge is 2.22. The minimum Gasteiger partial charge on any atom is -0.478 e. The summed E-state index contributed by atoms with van der Waals surface area (Å²) in [5.74, 6) is -0.699. The van der Waals surface area contributed by atoms with Gasteiger partial charge in [0.2, 0.25) is 0 Å². The van der Waals surface area contributed by atoms with Gasteiger partial charge in [-0.25, -0.2) is 4.79 Å². The van der Waals surface area contributed by atoms with Gasteiger partial charge in [-0.2, -0.15) is 0 Å². The van der Waals surface area contributed by atoms with Crippen molar-refractivity contribution in [1.82, 2.24) is 0 Å². The number of carbonyl (C=O) groups is 1. The van der Waals surface area contributed by atoms with Crippen molar-refractivity contribution in [3.63, 3.8) is 0 Å². The molecule has 0 saturated carbocycles. The Morgan fingerprint density at radius 2 is 2.33 bits per heavy atom. The molecule has 98 valence electrons. The number of hydrogen-bond donors (Lipinski definition) is 1. The second-order valence-electron chi connectivity index (χ2n) is 4.09. The molecule has 0 aromatic heterocycles. The van der Waals surface area contributed by atoms with Crippen LogP contribution in [0, 0.1) is 0 Å². The number of carboxylic acid groups (broad SMARTS) is 1. The third-order valence-corrected chi connectivity index (χ3v) is 4.78. The first-order valence-electron chi connectivity index (χ1n) is 5.61. The van der Waals surface area contributed by atoms with Gasteiger partial charge in [0.1, 0.15) is 0 Å². The predicted molar refractivity (Wildman–Crippen MR) is 71.4 cm³/mol. The van der Waals surface area contributed by atoms with Crippen LogP contribution in [0.1, 0.15) is 23.2 Å². The molecule has 18 heavy (non-hydrogen) atoms. The Balaban J connectivity index is 2.22. The van der Waals surface area contributed by atoms with Crippen molar-refractivity contribution in [2.45, 2.75) is 23.8 Å². The van der Waals surface area contributed by atoms with Crippen molar-refractivity contribution in [2.75, 3.05) is 12.4 Å². The average Bonchev–Trinajstić information content (AvgIpc) is 2.81. The molecule has 0 radical (unpaired) electrons. The summed E-state index contributed by atoms with van der Waals surface area (Å²) in [6.45, 7) is 0.701. The monoisotopic (exact) mass is 332 g/mol. The average molecular weight is 333 g/mol. The molecular weight excluding hydrogens is 320 g/mol. The molecule has 1 aliphatic rings. The fourth-order valence-corrected chi connectivity index (χ4v) is 3.85. The van der Waals surface area contributed by atoms with Crippen LogP contribution >= 0.6 is 15.9 Å². The molecule has 6 heteroatoms. The summed E-state index contributed by atoms with van der Waals surface area (Å²) in [6, 6.07) is 4.71. The molecule has 1 heterocycles. The third kappa shape index (κ3) is 3.18. The fourth-order valence-electron chi connectivity index (χ4n) is 1.90. The highest BCUT2D eigenvalue weighted by Crippen LogP contribution is 2.22. The van der Waals surface area contributed by atoms with Crippen LogP contribution in [0.2, 0.25) is 0 Å². The standard InChI is InChI=1S/C12H13BrO4S/c13-8-3-4-10(12(14)15)11(6-8)18(16)7-9-2-1-5-17-9/h3-4,6,9H,1-2,5,7H2,(H,14,15). The Morgan fingerprint density at radius 3 is 2.94 bits per heavy atom. The molecule has 2 rings (SSSR count). The Morgan fingerprint density at radius 1 is 1.56 bits per heavy atom. The lowest BCUT2D eigenvalue weighted by Gasteiger charge is -2.11. The second kappa shape index (κ2) is 5.95. The zero-order valence-corrected chi connectivity index (χ0v) is 12.0. The molecule has 0 aliphatic carbocycles. The number of aromatic carboxylic acids is 1. The molecule has 0 spiro atoms. The maximum absolute atomic E-state index is 12.2. The van der Waals surface area contributed by atoms with Crippen molar-refractivity contribution in [2.24, 2.45) is 0 Å². The van der Waals surface area contributed by atoms with Crippen molar-refractivity contribution in [1.29, 1.82) is 0 Å². The van der Waals surface area contributed by atoms with Crippen molar-refractivity contribution in [3.05, 3.63) is 28.2 Å². The molecule has 4 nitrogen and oxygen atoms in total. The Kier molecular flexibility index (Phi) is 4.53. The summed E-state index contributed by atoms with van der Waals surface area (Å²) in [4.78, 5) is 11.4. The first-order chi connectivity index (χ1) is 8.58. The second-order valence-corrected chi connectivity index (χ2v) is 6.47. The van der Waals surface area contributed by atoms with Gasteiger partial charge in [-0.05, 0) is 31.0 Å². The molecule has 1 N–H and O–H groups in total. The topological polar surface area (TPSA) is 63.6 Å². The largest absolute Gasteiger partial charge is 0.478 e. The minimum absolute atomic E-state index is 0.0218. The van der Waals surface area contributed by atoms with Gasteiger partial charge >= 0.3 is 5.97 Å². The maximum Gasteiger partial charge on any atom is 0.336 e. The van der Waals surface area contributed by atoms with Crippen LogP contribution in [0.25, 0.3) is 0 Å². The fraction of sp³-hybridized carbons (Fsp3) is 0.417. The number of hydrogen-bond acceptors (Lipinski definition) is 3. The van der Waals surface area contributed by atoms with Crippen molar-refractivity contribution in [3.8, 4) is 0 Å². The number of benzene rings is 1. The molecule has 1 aromatic rings. The molecule has 0 amide bonds. The summed E-state index contributed by atoms with van der Waals surface area (Å²) < 4.78 is 18.4. The summed E-state index contributed by atoms with van der Waals surface area (Å²) in [5, 5.41) is 9.09. The van der Waals surface area contributed by atoms with Crippen LogP contribution < -0.4 is 0 Å². The van der Waals surface area contributed by atoms with E-state index >= 15 is 0 Å². The highest BCUT2D eigenvalue weighted by atomic mass is 79.9. The molecule has 0 bridgehead atoms. The minimum atomic E-state index is -1.35. The maximum atomic E-state index is 12.2. The van der Waals surface area contributed by atoms with Gasteiger partial charge in [-0.3, -0.25) is 4.21 Å². The molecule has 1 aliphatic heterocycles. The normalized spacial score (nSPS) is 20.8. The molecule has 1 saturated heterocycles. The summed E-state index contributed by atoms with van der Waals surface area (Å²) in [5.41, 5.74) is 0.0922. The molecular formula is C12H13BrO4S. The Hall–Kier alpha value is -0.720. The number of rotatable bonds is 4. The lowest BCUT2D eigenvalue weighted by atomic mass is 10.2. The van der Waals surface area contributed by atoms with Gasteiger partial charge in [-0.1, -0.05) is 15.9 Å². The van der Waals surface area contributed by atoms with Gasteiger partial charge in [-0.15, -0.1) is 0 Å². The van der Waals surface area contributed by atoms with E-state index in [2.05, 4.69) is 15.9 Å². The highest BCUT2D eigenvalue weighted by molar-refractivity contribution is 9.10. The van der Waals surface area contributed by atoms with E-state index in [1.807, 2.05) is 0 Å². The molecule has 1 aromatic carbocycles. The van der Waals surface area contributed by atoms with E-state index < -0.39 is 16.8 Å². The number of halogens is 1. The molecule has 2 atom stereocenters. The van der Waals surface area contributed by atoms with Crippen molar-refractivity contribution >= 4 is 32.7 Å². The lowest BCUT2D eigenvalue weighted by Crippen LogP contribution is -2.17. The zero-order valence-electron chi connectivity index (χ0n) is 9.60. The van der Waals surface area contributed by atoms with Crippen LogP contribution in [-0.4, -0.2) is 33.7 Å². The van der Waals surface area contributed by atoms with E-state index in [1.165, 1.54) is 6.07 Å². The first-order valence-corrected chi connectivity index (χ1v) is 7.72. The Bertz CT molecular complexity index is 483. The van der Waals surface area contributed by atoms with E-state index in [9.17, 15) is 9.00 Å². The zero-order chi connectivity index (χ0) is 13.1. The Labute approximate surface area is 116 Å². The van der Waals surface area contributed by atoms with Crippen molar-refractivity contribution < 1.29 is 18.8 Å². The SMILES string of the molecule is O=C(O)c1ccc(Br)cc1S(=O)CC1CCCO1. The quantitative estimate of drug-likeness (QED) is 0.919.